The molecule has 0 radical (unpaired) electrons. The average molecular weight is 440 g/mol. The van der Waals surface area contributed by atoms with Crippen molar-refractivity contribution < 1.29 is 0 Å². The maximum atomic E-state index is 6.52. The number of likely N-dealkylation sites (N-methyl/N-ethyl adjacent to an activating group) is 1. The smallest absolute Gasteiger partial charge is 0.0934 e. The lowest BCUT2D eigenvalue weighted by atomic mass is 9.83. The van der Waals surface area contributed by atoms with Crippen molar-refractivity contribution in [3.05, 3.63) is 87.2 Å². The van der Waals surface area contributed by atoms with Crippen LogP contribution in [0.5, 0.6) is 0 Å². The second-order valence-corrected chi connectivity index (χ2v) is 9.54. The van der Waals surface area contributed by atoms with Gasteiger partial charge in [0.25, 0.3) is 0 Å². The third-order valence-electron chi connectivity index (χ3n) is 5.47. The largest absolute Gasteiger partial charge is 0.401 e. The summed E-state index contributed by atoms with van der Waals surface area (Å²) in [6.07, 6.45) is 7.58. The van der Waals surface area contributed by atoms with E-state index in [-0.39, 0.29) is 0 Å². The van der Waals surface area contributed by atoms with Gasteiger partial charge in [-0.15, -0.1) is 11.3 Å². The number of fused-ring (bicyclic) bond motifs is 1. The molecule has 1 aromatic heterocycles. The number of nitrogens with zero attached hydrogens (tertiary/aromatic N) is 2. The molecule has 1 unspecified atom stereocenters. The molecule has 1 fully saturated rings. The maximum absolute atomic E-state index is 6.52. The van der Waals surface area contributed by atoms with Crippen molar-refractivity contribution >= 4 is 34.7 Å². The van der Waals surface area contributed by atoms with Crippen LogP contribution in [0.15, 0.2) is 66.3 Å². The van der Waals surface area contributed by atoms with Gasteiger partial charge in [0.2, 0.25) is 0 Å². The highest BCUT2D eigenvalue weighted by atomic mass is 35.5. The Morgan fingerprint density at radius 3 is 2.57 bits per heavy atom. The number of nitrogens with two attached hydrogens (primary N) is 1. The molecule has 1 atom stereocenters. The first-order valence-electron chi connectivity index (χ1n) is 10.2. The Labute approximate surface area is 189 Å². The molecule has 3 nitrogen and oxygen atoms in total. The fourth-order valence-corrected chi connectivity index (χ4v) is 5.32. The Bertz CT molecular complexity index is 963. The minimum absolute atomic E-state index is 0.302. The zero-order chi connectivity index (χ0) is 21.7. The lowest BCUT2D eigenvalue weighted by Crippen LogP contribution is -2.30. The van der Waals surface area contributed by atoms with Crippen LogP contribution in [0.4, 0.5) is 0 Å². The van der Waals surface area contributed by atoms with Gasteiger partial charge >= 0.3 is 0 Å². The van der Waals surface area contributed by atoms with Gasteiger partial charge in [-0.2, -0.15) is 0 Å². The van der Waals surface area contributed by atoms with Gasteiger partial charge < -0.3 is 10.6 Å². The van der Waals surface area contributed by atoms with Crippen molar-refractivity contribution in [3.63, 3.8) is 0 Å². The molecule has 1 aromatic carbocycles. The standard InChI is InChI=1S/C21H24ClN3S.C4H6/c1-24-10-17(21(23)13-7-8-13)14-5-3-4-6-15(14)18-11-25(2)12-19-16(18)9-20(22)26-19;1-3-4-2/h3-6,9-10,13,18H,7-8,11-12,23H2,1-2H3;3-4H,1-2H2/b21-17+,24-10?;. The molecule has 30 heavy (non-hydrogen) atoms. The second-order valence-electron chi connectivity index (χ2n) is 7.77. The Morgan fingerprint density at radius 1 is 1.23 bits per heavy atom. The van der Waals surface area contributed by atoms with Gasteiger partial charge in [-0.1, -0.05) is 61.2 Å². The third kappa shape index (κ3) is 5.12. The predicted molar refractivity (Wildman–Crippen MR) is 133 cm³/mol. The average Bonchev–Trinajstić information content (AvgIpc) is 3.53. The summed E-state index contributed by atoms with van der Waals surface area (Å²) in [6, 6.07) is 10.8. The molecule has 0 spiro atoms. The lowest BCUT2D eigenvalue weighted by Gasteiger charge is -2.31. The highest BCUT2D eigenvalue weighted by Gasteiger charge is 2.31. The van der Waals surface area contributed by atoms with Gasteiger partial charge in [0, 0.05) is 48.4 Å². The van der Waals surface area contributed by atoms with Crippen LogP contribution in [0.1, 0.15) is 40.3 Å². The highest BCUT2D eigenvalue weighted by molar-refractivity contribution is 7.16. The minimum atomic E-state index is 0.302. The summed E-state index contributed by atoms with van der Waals surface area (Å²) in [5.41, 5.74) is 12.5. The van der Waals surface area contributed by atoms with Crippen molar-refractivity contribution in [2.75, 3.05) is 20.6 Å². The molecule has 0 amide bonds. The Balaban J connectivity index is 0.000000589. The summed E-state index contributed by atoms with van der Waals surface area (Å²) in [7, 11) is 3.99. The summed E-state index contributed by atoms with van der Waals surface area (Å²) in [5, 5.41) is 0. The van der Waals surface area contributed by atoms with E-state index in [1.807, 2.05) is 13.3 Å². The molecule has 1 saturated carbocycles. The first-order chi connectivity index (χ1) is 14.5. The second kappa shape index (κ2) is 10.3. The summed E-state index contributed by atoms with van der Waals surface area (Å²) < 4.78 is 0.871. The number of halogens is 1. The van der Waals surface area contributed by atoms with Crippen LogP contribution >= 0.6 is 22.9 Å². The number of allylic oxidation sites excluding steroid dienone is 4. The van der Waals surface area contributed by atoms with Crippen molar-refractivity contribution in [2.24, 2.45) is 16.6 Å². The first kappa shape index (κ1) is 22.5. The number of thiophene rings is 1. The molecule has 1 aliphatic heterocycles. The van der Waals surface area contributed by atoms with E-state index in [4.69, 9.17) is 17.3 Å². The van der Waals surface area contributed by atoms with Crippen molar-refractivity contribution in [3.8, 4) is 0 Å². The van der Waals surface area contributed by atoms with Gasteiger partial charge in [-0.3, -0.25) is 4.99 Å². The number of rotatable bonds is 5. The quantitative estimate of drug-likeness (QED) is 0.450. The molecule has 4 rings (SSSR count). The van der Waals surface area contributed by atoms with Crippen molar-refractivity contribution in [2.45, 2.75) is 25.3 Å². The number of hydrogen-bond donors (Lipinski definition) is 1. The molecule has 2 aromatic rings. The molecule has 0 bridgehead atoms. The van der Waals surface area contributed by atoms with E-state index >= 15 is 0 Å². The number of hydrogen-bond acceptors (Lipinski definition) is 4. The van der Waals surface area contributed by atoms with E-state index in [0.29, 0.717) is 11.8 Å². The Morgan fingerprint density at radius 2 is 1.93 bits per heavy atom. The zero-order valence-corrected chi connectivity index (χ0v) is 19.3. The maximum Gasteiger partial charge on any atom is 0.0934 e. The SMILES string of the molecule is C=CC=C.CN=C/C(=C(\N)C1CC1)c1ccccc1C1CN(C)Cc2sc(Cl)cc21. The lowest BCUT2D eigenvalue weighted by molar-refractivity contribution is 0.299. The first-order valence-corrected chi connectivity index (χ1v) is 11.4. The summed E-state index contributed by atoms with van der Waals surface area (Å²) >= 11 is 8.05. The molecule has 0 saturated heterocycles. The van der Waals surface area contributed by atoms with Gasteiger partial charge in [0.1, 0.15) is 0 Å². The van der Waals surface area contributed by atoms with Gasteiger partial charge in [-0.05, 0) is 48.6 Å². The van der Waals surface area contributed by atoms with E-state index < -0.39 is 0 Å². The van der Waals surface area contributed by atoms with Crippen LogP contribution in [-0.2, 0) is 6.54 Å². The van der Waals surface area contributed by atoms with E-state index in [1.54, 1.807) is 23.5 Å². The van der Waals surface area contributed by atoms with Crippen LogP contribution in [0, 0.1) is 5.92 Å². The molecule has 1 aliphatic carbocycles. The summed E-state index contributed by atoms with van der Waals surface area (Å²) in [4.78, 5) is 8.04. The predicted octanol–water partition coefficient (Wildman–Crippen LogP) is 6.12. The van der Waals surface area contributed by atoms with Crippen LogP contribution in [0.25, 0.3) is 5.57 Å². The van der Waals surface area contributed by atoms with E-state index in [0.717, 1.165) is 28.7 Å². The third-order valence-corrected chi connectivity index (χ3v) is 6.74. The minimum Gasteiger partial charge on any atom is -0.401 e. The van der Waals surface area contributed by atoms with Gasteiger partial charge in [-0.25, -0.2) is 0 Å². The van der Waals surface area contributed by atoms with E-state index in [2.05, 4.69) is 60.4 Å². The molecule has 158 valence electrons. The molecule has 2 aliphatic rings. The van der Waals surface area contributed by atoms with Crippen LogP contribution in [0.3, 0.4) is 0 Å². The molecule has 5 heteroatoms. The highest BCUT2D eigenvalue weighted by Crippen LogP contribution is 2.43. The van der Waals surface area contributed by atoms with Gasteiger partial charge in [0.15, 0.2) is 0 Å². The molecule has 2 N–H and O–H groups in total. The summed E-state index contributed by atoms with van der Waals surface area (Å²) in [6.45, 7) is 8.67. The Hall–Kier alpha value is -2.14. The molecular formula is C25H30ClN3S. The van der Waals surface area contributed by atoms with E-state index in [9.17, 15) is 0 Å². The van der Waals surface area contributed by atoms with Crippen LogP contribution < -0.4 is 5.73 Å². The van der Waals surface area contributed by atoms with Crippen LogP contribution in [0.2, 0.25) is 4.34 Å². The molecular weight excluding hydrogens is 410 g/mol. The van der Waals surface area contributed by atoms with Gasteiger partial charge in [0.05, 0.1) is 4.34 Å². The number of aliphatic imine (C=N–C) groups is 1. The zero-order valence-electron chi connectivity index (χ0n) is 17.8. The van der Waals surface area contributed by atoms with Crippen LogP contribution in [-0.4, -0.2) is 31.8 Å². The number of benzene rings is 1. The Kier molecular flexibility index (Phi) is 7.70. The van der Waals surface area contributed by atoms with Crippen molar-refractivity contribution in [1.82, 2.24) is 4.90 Å². The molecule has 2 heterocycles. The fraction of sp³-hybridized carbons (Fsp3) is 0.320. The monoisotopic (exact) mass is 439 g/mol. The van der Waals surface area contributed by atoms with Crippen molar-refractivity contribution in [1.29, 1.82) is 0 Å². The fourth-order valence-electron chi connectivity index (χ4n) is 3.90. The normalized spacial score (nSPS) is 19.5. The summed E-state index contributed by atoms with van der Waals surface area (Å²) in [5.74, 6) is 0.812. The topological polar surface area (TPSA) is 41.6 Å². The van der Waals surface area contributed by atoms with E-state index in [1.165, 1.54) is 34.4 Å².